The second-order valence-electron chi connectivity index (χ2n) is 4.77. The van der Waals surface area contributed by atoms with Crippen LogP contribution in [0.4, 0.5) is 0 Å². The summed E-state index contributed by atoms with van der Waals surface area (Å²) >= 11 is 1.58. The Morgan fingerprint density at radius 1 is 1.33 bits per heavy atom. The van der Waals surface area contributed by atoms with Gasteiger partial charge in [0.25, 0.3) is 5.91 Å². The molecule has 1 aromatic carbocycles. The summed E-state index contributed by atoms with van der Waals surface area (Å²) in [6, 6.07) is 7.22. The third-order valence-corrected chi connectivity index (χ3v) is 3.80. The Hall–Kier alpha value is -1.88. The van der Waals surface area contributed by atoms with Crippen LogP contribution < -0.4 is 10.1 Å². The number of carbonyl (C=O) groups excluding carboxylic acids is 1. The number of amides is 1. The molecule has 2 rings (SSSR count). The number of thiazole rings is 1. The van der Waals surface area contributed by atoms with Gasteiger partial charge in [-0.1, -0.05) is 13.3 Å². The summed E-state index contributed by atoms with van der Waals surface area (Å²) in [5.41, 5.74) is 1.52. The van der Waals surface area contributed by atoms with Crippen LogP contribution in [0.5, 0.6) is 5.75 Å². The van der Waals surface area contributed by atoms with Crippen molar-refractivity contribution in [2.24, 2.45) is 0 Å². The van der Waals surface area contributed by atoms with E-state index in [9.17, 15) is 4.79 Å². The molecule has 4 nitrogen and oxygen atoms in total. The molecular weight excluding hydrogens is 284 g/mol. The number of hydrogen-bond acceptors (Lipinski definition) is 4. The molecule has 0 radical (unpaired) electrons. The summed E-state index contributed by atoms with van der Waals surface area (Å²) in [6.45, 7) is 5.25. The van der Waals surface area contributed by atoms with Crippen LogP contribution in [-0.4, -0.2) is 17.5 Å². The Morgan fingerprint density at radius 2 is 2.10 bits per heavy atom. The standard InChI is InChI=1S/C16H20N2O2S/c1-3-4-9-20-15-7-5-13(6-8-15)16(19)17-10-14-11-21-12(2)18-14/h5-8,11H,3-4,9-10H2,1-2H3,(H,17,19). The van der Waals surface area contributed by atoms with Gasteiger partial charge >= 0.3 is 0 Å². The Kier molecular flexibility index (Phi) is 5.75. The van der Waals surface area contributed by atoms with Gasteiger partial charge < -0.3 is 10.1 Å². The van der Waals surface area contributed by atoms with Crippen LogP contribution in [0.1, 0.15) is 40.8 Å². The first-order valence-corrected chi connectivity index (χ1v) is 7.99. The zero-order valence-electron chi connectivity index (χ0n) is 12.4. The number of nitrogens with one attached hydrogen (secondary N) is 1. The molecule has 2 aromatic rings. The van der Waals surface area contributed by atoms with Gasteiger partial charge in [0.2, 0.25) is 0 Å². The highest BCUT2D eigenvalue weighted by Gasteiger charge is 2.06. The lowest BCUT2D eigenvalue weighted by molar-refractivity contribution is 0.0950. The van der Waals surface area contributed by atoms with Crippen molar-refractivity contribution in [1.29, 1.82) is 0 Å². The molecule has 21 heavy (non-hydrogen) atoms. The zero-order chi connectivity index (χ0) is 15.1. The highest BCUT2D eigenvalue weighted by molar-refractivity contribution is 7.09. The molecule has 0 saturated heterocycles. The van der Waals surface area contributed by atoms with Crippen molar-refractivity contribution in [2.75, 3.05) is 6.61 Å². The van der Waals surface area contributed by atoms with Crippen molar-refractivity contribution in [3.05, 3.63) is 45.9 Å². The van der Waals surface area contributed by atoms with Gasteiger partial charge in [-0.05, 0) is 37.6 Å². The Morgan fingerprint density at radius 3 is 2.71 bits per heavy atom. The summed E-state index contributed by atoms with van der Waals surface area (Å²) in [7, 11) is 0. The molecule has 0 unspecified atom stereocenters. The third kappa shape index (κ3) is 4.86. The van der Waals surface area contributed by atoms with Gasteiger partial charge in [0.05, 0.1) is 23.9 Å². The van der Waals surface area contributed by atoms with E-state index in [0.29, 0.717) is 18.7 Å². The minimum absolute atomic E-state index is 0.0965. The molecule has 0 atom stereocenters. The average molecular weight is 304 g/mol. The number of carbonyl (C=O) groups is 1. The van der Waals surface area contributed by atoms with Crippen molar-refractivity contribution in [3.8, 4) is 5.75 Å². The van der Waals surface area contributed by atoms with Crippen LogP contribution in [0.3, 0.4) is 0 Å². The smallest absolute Gasteiger partial charge is 0.251 e. The van der Waals surface area contributed by atoms with E-state index < -0.39 is 0 Å². The Labute approximate surface area is 129 Å². The summed E-state index contributed by atoms with van der Waals surface area (Å²) in [6.07, 6.45) is 2.14. The van der Waals surface area contributed by atoms with Crippen LogP contribution in [-0.2, 0) is 6.54 Å². The first-order valence-electron chi connectivity index (χ1n) is 7.11. The van der Waals surface area contributed by atoms with Gasteiger partial charge in [0.1, 0.15) is 5.75 Å². The molecular formula is C16H20N2O2S. The fourth-order valence-corrected chi connectivity index (χ4v) is 2.41. The number of nitrogens with zero attached hydrogens (tertiary/aromatic N) is 1. The quantitative estimate of drug-likeness (QED) is 0.796. The molecule has 0 aliphatic carbocycles. The predicted molar refractivity (Wildman–Crippen MR) is 84.9 cm³/mol. The SMILES string of the molecule is CCCCOc1ccc(C(=O)NCc2csc(C)n2)cc1. The maximum absolute atomic E-state index is 12.0. The maximum atomic E-state index is 12.0. The molecule has 0 bridgehead atoms. The minimum atomic E-state index is -0.0965. The number of aromatic nitrogens is 1. The van der Waals surface area contributed by atoms with Crippen LogP contribution in [0, 0.1) is 6.92 Å². The van der Waals surface area contributed by atoms with E-state index in [4.69, 9.17) is 4.74 Å². The molecule has 1 aromatic heterocycles. The van der Waals surface area contributed by atoms with Crippen LogP contribution in [0.25, 0.3) is 0 Å². The topological polar surface area (TPSA) is 51.2 Å². The second-order valence-corrected chi connectivity index (χ2v) is 5.83. The lowest BCUT2D eigenvalue weighted by Crippen LogP contribution is -2.22. The maximum Gasteiger partial charge on any atom is 0.251 e. The second kappa shape index (κ2) is 7.78. The van der Waals surface area contributed by atoms with E-state index in [1.54, 1.807) is 23.5 Å². The van der Waals surface area contributed by atoms with Gasteiger partial charge in [-0.3, -0.25) is 4.79 Å². The van der Waals surface area contributed by atoms with Crippen LogP contribution in [0.2, 0.25) is 0 Å². The van der Waals surface area contributed by atoms with E-state index >= 15 is 0 Å². The van der Waals surface area contributed by atoms with Crippen molar-refractivity contribution < 1.29 is 9.53 Å². The van der Waals surface area contributed by atoms with Crippen LogP contribution in [0.15, 0.2) is 29.6 Å². The largest absolute Gasteiger partial charge is 0.494 e. The zero-order valence-corrected chi connectivity index (χ0v) is 13.2. The van der Waals surface area contributed by atoms with Crippen LogP contribution >= 0.6 is 11.3 Å². The number of rotatable bonds is 7. The van der Waals surface area contributed by atoms with Crippen molar-refractivity contribution in [2.45, 2.75) is 33.2 Å². The summed E-state index contributed by atoms with van der Waals surface area (Å²) in [5.74, 6) is 0.705. The predicted octanol–water partition coefficient (Wildman–Crippen LogP) is 3.56. The van der Waals surface area contributed by atoms with Crippen molar-refractivity contribution in [1.82, 2.24) is 10.3 Å². The fraction of sp³-hybridized carbons (Fsp3) is 0.375. The molecule has 0 aliphatic heterocycles. The molecule has 1 heterocycles. The van der Waals surface area contributed by atoms with E-state index in [1.807, 2.05) is 24.4 Å². The summed E-state index contributed by atoms with van der Waals surface area (Å²) in [5, 5.41) is 5.83. The lowest BCUT2D eigenvalue weighted by atomic mass is 10.2. The van der Waals surface area contributed by atoms with Gasteiger partial charge in [-0.25, -0.2) is 4.98 Å². The Balaban J connectivity index is 1.84. The molecule has 0 saturated carbocycles. The van der Waals surface area contributed by atoms with Gasteiger partial charge in [0, 0.05) is 10.9 Å². The molecule has 5 heteroatoms. The fourth-order valence-electron chi connectivity index (χ4n) is 1.80. The van der Waals surface area contributed by atoms with Gasteiger partial charge in [0.15, 0.2) is 0 Å². The van der Waals surface area contributed by atoms with Gasteiger partial charge in [-0.15, -0.1) is 11.3 Å². The van der Waals surface area contributed by atoms with E-state index in [2.05, 4.69) is 17.2 Å². The summed E-state index contributed by atoms with van der Waals surface area (Å²) in [4.78, 5) is 16.3. The molecule has 0 aliphatic rings. The molecule has 0 spiro atoms. The molecule has 112 valence electrons. The number of unbranched alkanes of at least 4 members (excludes halogenated alkanes) is 1. The lowest BCUT2D eigenvalue weighted by Gasteiger charge is -2.07. The highest BCUT2D eigenvalue weighted by Crippen LogP contribution is 2.13. The Bertz CT molecular complexity index is 578. The van der Waals surface area contributed by atoms with Gasteiger partial charge in [-0.2, -0.15) is 0 Å². The minimum Gasteiger partial charge on any atom is -0.494 e. The number of benzene rings is 1. The number of hydrogen-bond donors (Lipinski definition) is 1. The van der Waals surface area contributed by atoms with E-state index in [0.717, 1.165) is 29.3 Å². The molecule has 0 fully saturated rings. The number of ether oxygens (including phenoxy) is 1. The average Bonchev–Trinajstić information content (AvgIpc) is 2.91. The molecule has 1 amide bonds. The first-order chi connectivity index (χ1) is 10.2. The first kappa shape index (κ1) is 15.5. The van der Waals surface area contributed by atoms with Crippen molar-refractivity contribution >= 4 is 17.2 Å². The summed E-state index contributed by atoms with van der Waals surface area (Å²) < 4.78 is 5.57. The highest BCUT2D eigenvalue weighted by atomic mass is 32.1. The number of aryl methyl sites for hydroxylation is 1. The third-order valence-electron chi connectivity index (χ3n) is 2.98. The van der Waals surface area contributed by atoms with E-state index in [1.165, 1.54) is 0 Å². The normalized spacial score (nSPS) is 10.4. The van der Waals surface area contributed by atoms with Crippen molar-refractivity contribution in [3.63, 3.8) is 0 Å². The molecule has 1 N–H and O–H groups in total. The monoisotopic (exact) mass is 304 g/mol. The van der Waals surface area contributed by atoms with E-state index in [-0.39, 0.29) is 5.91 Å².